The summed E-state index contributed by atoms with van der Waals surface area (Å²) in [7, 11) is 0. The summed E-state index contributed by atoms with van der Waals surface area (Å²) >= 11 is 0. The average Bonchev–Trinajstić information content (AvgIpc) is 2.99. The molecule has 2 nitrogen and oxygen atoms in total. The van der Waals surface area contributed by atoms with Crippen LogP contribution in [0.1, 0.15) is 47.0 Å². The third-order valence-electron chi connectivity index (χ3n) is 4.24. The monoisotopic (exact) mass is 224 g/mol. The molecule has 1 heterocycles. The maximum atomic E-state index is 3.75. The lowest BCUT2D eigenvalue weighted by atomic mass is 9.94. The van der Waals surface area contributed by atoms with Crippen LogP contribution in [0.25, 0.3) is 0 Å². The molecule has 2 heteroatoms. The molecule has 16 heavy (non-hydrogen) atoms. The van der Waals surface area contributed by atoms with Crippen LogP contribution in [0.5, 0.6) is 0 Å². The quantitative estimate of drug-likeness (QED) is 0.789. The van der Waals surface area contributed by atoms with Gasteiger partial charge in [0.05, 0.1) is 0 Å². The predicted octanol–water partition coefficient (Wildman–Crippen LogP) is 2.49. The fourth-order valence-electron chi connectivity index (χ4n) is 2.66. The maximum Gasteiger partial charge on any atom is 0.0278 e. The second kappa shape index (κ2) is 4.66. The summed E-state index contributed by atoms with van der Waals surface area (Å²) < 4.78 is 0. The van der Waals surface area contributed by atoms with E-state index in [4.69, 9.17) is 0 Å². The first-order chi connectivity index (χ1) is 7.49. The van der Waals surface area contributed by atoms with Gasteiger partial charge in [0.25, 0.3) is 0 Å². The summed E-state index contributed by atoms with van der Waals surface area (Å²) in [5.41, 5.74) is 0.348. The summed E-state index contributed by atoms with van der Waals surface area (Å²) in [6.45, 7) is 13.1. The zero-order valence-electron chi connectivity index (χ0n) is 11.4. The Morgan fingerprint density at radius 2 is 2.00 bits per heavy atom. The van der Waals surface area contributed by atoms with E-state index in [1.807, 2.05) is 0 Å². The topological polar surface area (TPSA) is 15.3 Å². The summed E-state index contributed by atoms with van der Waals surface area (Å²) in [4.78, 5) is 2.71. The van der Waals surface area contributed by atoms with E-state index in [0.29, 0.717) is 5.54 Å². The van der Waals surface area contributed by atoms with E-state index in [2.05, 4.69) is 37.9 Å². The maximum absolute atomic E-state index is 3.75. The smallest absolute Gasteiger partial charge is 0.0278 e. The van der Waals surface area contributed by atoms with Crippen LogP contribution in [-0.2, 0) is 0 Å². The van der Waals surface area contributed by atoms with E-state index in [0.717, 1.165) is 24.4 Å². The van der Waals surface area contributed by atoms with Crippen LogP contribution >= 0.6 is 0 Å². The van der Waals surface area contributed by atoms with E-state index >= 15 is 0 Å². The normalized spacial score (nSPS) is 30.9. The lowest BCUT2D eigenvalue weighted by Crippen LogP contribution is -2.62. The predicted molar refractivity (Wildman–Crippen MR) is 69.6 cm³/mol. The Morgan fingerprint density at radius 3 is 2.56 bits per heavy atom. The van der Waals surface area contributed by atoms with Gasteiger partial charge in [-0.15, -0.1) is 0 Å². The first-order valence-corrected chi connectivity index (χ1v) is 6.97. The Kier molecular flexibility index (Phi) is 3.60. The number of nitrogens with one attached hydrogen (secondary N) is 1. The molecule has 0 aromatic heterocycles. The van der Waals surface area contributed by atoms with E-state index in [-0.39, 0.29) is 0 Å². The van der Waals surface area contributed by atoms with Crippen molar-refractivity contribution in [1.82, 2.24) is 10.2 Å². The third kappa shape index (κ3) is 2.98. The molecule has 0 bridgehead atoms. The Balaban J connectivity index is 1.88. The van der Waals surface area contributed by atoms with Crippen molar-refractivity contribution in [2.45, 2.75) is 58.5 Å². The van der Waals surface area contributed by atoms with Gasteiger partial charge >= 0.3 is 0 Å². The first kappa shape index (κ1) is 12.4. The van der Waals surface area contributed by atoms with Gasteiger partial charge in [0, 0.05) is 24.7 Å². The number of rotatable bonds is 4. The molecule has 94 valence electrons. The summed E-state index contributed by atoms with van der Waals surface area (Å²) in [5, 5.41) is 3.75. The van der Waals surface area contributed by atoms with Crippen molar-refractivity contribution in [3.05, 3.63) is 0 Å². The molecule has 2 rings (SSSR count). The molecule has 0 amide bonds. The van der Waals surface area contributed by atoms with Crippen LogP contribution in [0.2, 0.25) is 0 Å². The summed E-state index contributed by atoms with van der Waals surface area (Å²) in [6, 6.07) is 0.778. The van der Waals surface area contributed by atoms with Gasteiger partial charge in [-0.25, -0.2) is 0 Å². The second-order valence-electron chi connectivity index (χ2n) is 6.77. The van der Waals surface area contributed by atoms with Gasteiger partial charge in [0.2, 0.25) is 0 Å². The number of nitrogens with zero attached hydrogens (tertiary/aromatic N) is 1. The minimum atomic E-state index is 0.348. The molecule has 0 radical (unpaired) electrons. The van der Waals surface area contributed by atoms with Gasteiger partial charge in [0.1, 0.15) is 0 Å². The van der Waals surface area contributed by atoms with E-state index in [1.165, 1.54) is 32.4 Å². The Morgan fingerprint density at radius 1 is 1.31 bits per heavy atom. The molecule has 1 saturated heterocycles. The first-order valence-electron chi connectivity index (χ1n) is 6.97. The highest BCUT2D eigenvalue weighted by Gasteiger charge is 2.39. The number of piperazine rings is 1. The van der Waals surface area contributed by atoms with Crippen LogP contribution < -0.4 is 5.32 Å². The van der Waals surface area contributed by atoms with Crippen molar-refractivity contribution in [3.63, 3.8) is 0 Å². The minimum Gasteiger partial charge on any atom is -0.311 e. The number of hydrogen-bond acceptors (Lipinski definition) is 2. The van der Waals surface area contributed by atoms with Crippen molar-refractivity contribution in [2.75, 3.05) is 19.6 Å². The molecule has 2 fully saturated rings. The zero-order chi connectivity index (χ0) is 11.8. The van der Waals surface area contributed by atoms with Gasteiger partial charge in [-0.2, -0.15) is 0 Å². The highest BCUT2D eigenvalue weighted by molar-refractivity contribution is 4.98. The van der Waals surface area contributed by atoms with Crippen molar-refractivity contribution >= 4 is 0 Å². The largest absolute Gasteiger partial charge is 0.311 e. The SMILES string of the molecule is CC(C)CCN1CC(C2CC2)NCC1(C)C. The molecule has 1 unspecified atom stereocenters. The summed E-state index contributed by atoms with van der Waals surface area (Å²) in [5.74, 6) is 1.81. The highest BCUT2D eigenvalue weighted by atomic mass is 15.3. The third-order valence-corrected chi connectivity index (χ3v) is 4.24. The Labute approximate surface area is 101 Å². The van der Waals surface area contributed by atoms with Gasteiger partial charge in [-0.3, -0.25) is 4.90 Å². The van der Waals surface area contributed by atoms with Crippen molar-refractivity contribution < 1.29 is 0 Å². The van der Waals surface area contributed by atoms with Crippen molar-refractivity contribution in [3.8, 4) is 0 Å². The average molecular weight is 224 g/mol. The van der Waals surface area contributed by atoms with E-state index in [9.17, 15) is 0 Å². The van der Waals surface area contributed by atoms with Crippen molar-refractivity contribution in [1.29, 1.82) is 0 Å². The zero-order valence-corrected chi connectivity index (χ0v) is 11.4. The Hall–Kier alpha value is -0.0800. The molecule has 0 aromatic carbocycles. The Bertz CT molecular complexity index is 231. The molecule has 1 atom stereocenters. The number of hydrogen-bond donors (Lipinski definition) is 1. The fraction of sp³-hybridized carbons (Fsp3) is 1.00. The van der Waals surface area contributed by atoms with Crippen LogP contribution in [0.3, 0.4) is 0 Å². The van der Waals surface area contributed by atoms with Crippen LogP contribution in [0, 0.1) is 11.8 Å². The lowest BCUT2D eigenvalue weighted by Gasteiger charge is -2.46. The van der Waals surface area contributed by atoms with Gasteiger partial charge in [-0.1, -0.05) is 13.8 Å². The van der Waals surface area contributed by atoms with Crippen LogP contribution in [0.4, 0.5) is 0 Å². The highest BCUT2D eigenvalue weighted by Crippen LogP contribution is 2.35. The molecule has 0 aromatic rings. The molecule has 2 aliphatic rings. The van der Waals surface area contributed by atoms with E-state index < -0.39 is 0 Å². The van der Waals surface area contributed by atoms with Gasteiger partial charge < -0.3 is 5.32 Å². The summed E-state index contributed by atoms with van der Waals surface area (Å²) in [6.07, 6.45) is 4.24. The second-order valence-corrected chi connectivity index (χ2v) is 6.77. The van der Waals surface area contributed by atoms with Gasteiger partial charge in [0.15, 0.2) is 0 Å². The molecular weight excluding hydrogens is 196 g/mol. The van der Waals surface area contributed by atoms with Crippen LogP contribution in [-0.4, -0.2) is 36.1 Å². The fourth-order valence-corrected chi connectivity index (χ4v) is 2.66. The molecular formula is C14H28N2. The lowest BCUT2D eigenvalue weighted by molar-refractivity contribution is 0.0566. The minimum absolute atomic E-state index is 0.348. The van der Waals surface area contributed by atoms with Gasteiger partial charge in [-0.05, 0) is 51.5 Å². The standard InChI is InChI=1S/C14H28N2/c1-11(2)7-8-16-9-13(12-5-6-12)15-10-14(16,3)4/h11-13,15H,5-10H2,1-4H3. The molecule has 0 spiro atoms. The van der Waals surface area contributed by atoms with Crippen LogP contribution in [0.15, 0.2) is 0 Å². The molecule has 1 aliphatic carbocycles. The molecule has 1 aliphatic heterocycles. The molecule has 1 N–H and O–H groups in total. The molecule has 1 saturated carbocycles. The van der Waals surface area contributed by atoms with Crippen molar-refractivity contribution in [2.24, 2.45) is 11.8 Å². The van der Waals surface area contributed by atoms with E-state index in [1.54, 1.807) is 0 Å².